The molecule has 0 aliphatic rings. The van der Waals surface area contributed by atoms with Crippen LogP contribution in [0.2, 0.25) is 0 Å². The predicted octanol–water partition coefficient (Wildman–Crippen LogP) is 4.69. The summed E-state index contributed by atoms with van der Waals surface area (Å²) in [5, 5.41) is 12.2. The van der Waals surface area contributed by atoms with Crippen LogP contribution in [0.15, 0.2) is 78.2 Å². The Labute approximate surface area is 205 Å². The third-order valence-electron chi connectivity index (χ3n) is 5.08. The molecule has 0 spiro atoms. The first kappa shape index (κ1) is 24.3. The van der Waals surface area contributed by atoms with Crippen molar-refractivity contribution in [1.82, 2.24) is 25.1 Å². The fourth-order valence-corrected chi connectivity index (χ4v) is 4.12. The van der Waals surface area contributed by atoms with Crippen molar-refractivity contribution in [3.63, 3.8) is 0 Å². The molecule has 0 atom stereocenters. The zero-order valence-corrected chi connectivity index (χ0v) is 19.7. The average molecular weight is 496 g/mol. The standard InChI is InChI=1S/C25H23F2N5O2S/c1-17-2-6-20(7-3-17)32-23(19-11-13-28-14-12-19)30-31-25(32)35-16-22(33)29-15-10-18-4-8-21(9-5-18)34-24(26)27/h2-9,11-14,24H,10,15-16H2,1H3,(H,29,33). The SMILES string of the molecule is Cc1ccc(-n2c(SCC(=O)NCCc3ccc(OC(F)F)cc3)nnc2-c2ccncc2)cc1. The quantitative estimate of drug-likeness (QED) is 0.322. The van der Waals surface area contributed by atoms with Crippen LogP contribution in [0.3, 0.4) is 0 Å². The van der Waals surface area contributed by atoms with Gasteiger partial charge in [0.2, 0.25) is 5.91 Å². The van der Waals surface area contributed by atoms with Crippen molar-refractivity contribution in [2.75, 3.05) is 12.3 Å². The Bertz CT molecular complexity index is 1250. The van der Waals surface area contributed by atoms with Gasteiger partial charge in [0.25, 0.3) is 0 Å². The summed E-state index contributed by atoms with van der Waals surface area (Å²) in [5.74, 6) is 0.796. The van der Waals surface area contributed by atoms with Crippen molar-refractivity contribution >= 4 is 17.7 Å². The number of halogens is 2. The Morgan fingerprint density at radius 3 is 2.43 bits per heavy atom. The first-order valence-electron chi connectivity index (χ1n) is 10.9. The van der Waals surface area contributed by atoms with Crippen LogP contribution >= 0.6 is 11.8 Å². The van der Waals surface area contributed by atoms with Gasteiger partial charge in [-0.1, -0.05) is 41.6 Å². The highest BCUT2D eigenvalue weighted by molar-refractivity contribution is 7.99. The Morgan fingerprint density at radius 2 is 1.74 bits per heavy atom. The number of thioether (sulfide) groups is 1. The van der Waals surface area contributed by atoms with Gasteiger partial charge in [-0.25, -0.2) is 0 Å². The summed E-state index contributed by atoms with van der Waals surface area (Å²) in [6.07, 6.45) is 3.96. The highest BCUT2D eigenvalue weighted by atomic mass is 32.2. The summed E-state index contributed by atoms with van der Waals surface area (Å²) < 4.78 is 30.8. The molecular formula is C25H23F2N5O2S. The van der Waals surface area contributed by atoms with Crippen molar-refractivity contribution in [3.05, 3.63) is 84.2 Å². The van der Waals surface area contributed by atoms with Crippen LogP contribution in [0.5, 0.6) is 5.75 Å². The maximum absolute atomic E-state index is 12.5. The van der Waals surface area contributed by atoms with Gasteiger partial charge in [-0.05, 0) is 55.3 Å². The zero-order chi connectivity index (χ0) is 24.6. The van der Waals surface area contributed by atoms with E-state index in [0.29, 0.717) is 23.9 Å². The van der Waals surface area contributed by atoms with Gasteiger partial charge in [0.15, 0.2) is 11.0 Å². The number of ether oxygens (including phenoxy) is 1. The van der Waals surface area contributed by atoms with E-state index in [1.807, 2.05) is 47.9 Å². The number of rotatable bonds is 10. The van der Waals surface area contributed by atoms with E-state index < -0.39 is 6.61 Å². The Kier molecular flexibility index (Phi) is 8.04. The number of hydrogen-bond acceptors (Lipinski definition) is 6. The number of amides is 1. The molecule has 0 saturated heterocycles. The third-order valence-corrected chi connectivity index (χ3v) is 6.01. The van der Waals surface area contributed by atoms with Crippen molar-refractivity contribution in [2.45, 2.75) is 25.1 Å². The molecule has 2 heterocycles. The molecule has 2 aromatic carbocycles. The third kappa shape index (κ3) is 6.63. The number of aryl methyl sites for hydroxylation is 1. The largest absolute Gasteiger partial charge is 0.435 e. The van der Waals surface area contributed by atoms with Gasteiger partial charge >= 0.3 is 6.61 Å². The molecule has 1 N–H and O–H groups in total. The average Bonchev–Trinajstić information content (AvgIpc) is 3.28. The van der Waals surface area contributed by atoms with E-state index in [9.17, 15) is 13.6 Å². The number of carbonyl (C=O) groups is 1. The lowest BCUT2D eigenvalue weighted by molar-refractivity contribution is -0.118. The molecule has 0 fully saturated rings. The van der Waals surface area contributed by atoms with E-state index in [2.05, 4.69) is 25.2 Å². The van der Waals surface area contributed by atoms with Crippen LogP contribution in [-0.2, 0) is 11.2 Å². The molecule has 10 heteroatoms. The van der Waals surface area contributed by atoms with Gasteiger partial charge in [-0.15, -0.1) is 10.2 Å². The van der Waals surface area contributed by atoms with E-state index in [1.165, 1.54) is 23.9 Å². The molecule has 7 nitrogen and oxygen atoms in total. The molecule has 0 saturated carbocycles. The number of hydrogen-bond donors (Lipinski definition) is 1. The van der Waals surface area contributed by atoms with Crippen LogP contribution in [0, 0.1) is 6.92 Å². The number of nitrogens with zero attached hydrogens (tertiary/aromatic N) is 4. The second kappa shape index (κ2) is 11.6. The molecule has 2 aromatic heterocycles. The highest BCUT2D eigenvalue weighted by Gasteiger charge is 2.17. The van der Waals surface area contributed by atoms with Crippen molar-refractivity contribution in [2.24, 2.45) is 0 Å². The van der Waals surface area contributed by atoms with Crippen LogP contribution in [-0.4, -0.2) is 44.6 Å². The zero-order valence-electron chi connectivity index (χ0n) is 18.9. The van der Waals surface area contributed by atoms with Gasteiger partial charge in [0.1, 0.15) is 5.75 Å². The second-order valence-corrected chi connectivity index (χ2v) is 8.57. The van der Waals surface area contributed by atoms with Crippen LogP contribution in [0.1, 0.15) is 11.1 Å². The van der Waals surface area contributed by atoms with Crippen LogP contribution < -0.4 is 10.1 Å². The number of pyridine rings is 1. The molecule has 0 aliphatic heterocycles. The van der Waals surface area contributed by atoms with Crippen LogP contribution in [0.25, 0.3) is 17.1 Å². The molecule has 0 bridgehead atoms. The molecule has 35 heavy (non-hydrogen) atoms. The number of nitrogens with one attached hydrogen (secondary N) is 1. The first-order chi connectivity index (χ1) is 17.0. The van der Waals surface area contributed by atoms with Crippen molar-refractivity contribution in [1.29, 1.82) is 0 Å². The van der Waals surface area contributed by atoms with E-state index in [0.717, 1.165) is 22.4 Å². The van der Waals surface area contributed by atoms with Gasteiger partial charge in [0, 0.05) is 30.2 Å². The Morgan fingerprint density at radius 1 is 1.03 bits per heavy atom. The predicted molar refractivity (Wildman–Crippen MR) is 130 cm³/mol. The fraction of sp³-hybridized carbons (Fsp3) is 0.200. The molecule has 1 amide bonds. The number of aromatic nitrogens is 4. The van der Waals surface area contributed by atoms with Gasteiger partial charge in [0.05, 0.1) is 5.75 Å². The topological polar surface area (TPSA) is 81.9 Å². The summed E-state index contributed by atoms with van der Waals surface area (Å²) >= 11 is 1.30. The maximum atomic E-state index is 12.5. The smallest absolute Gasteiger partial charge is 0.387 e. The molecule has 0 aliphatic carbocycles. The normalized spacial score (nSPS) is 11.0. The van der Waals surface area contributed by atoms with Crippen molar-refractivity contribution in [3.8, 4) is 22.8 Å². The minimum atomic E-state index is -2.85. The van der Waals surface area contributed by atoms with Crippen LogP contribution in [0.4, 0.5) is 8.78 Å². The summed E-state index contributed by atoms with van der Waals surface area (Å²) in [6, 6.07) is 18.1. The molecule has 180 valence electrons. The second-order valence-electron chi connectivity index (χ2n) is 7.62. The molecule has 0 unspecified atom stereocenters. The minimum absolute atomic E-state index is 0.105. The fourth-order valence-electron chi connectivity index (χ4n) is 3.34. The summed E-state index contributed by atoms with van der Waals surface area (Å²) in [7, 11) is 0. The lowest BCUT2D eigenvalue weighted by Gasteiger charge is -2.11. The van der Waals surface area contributed by atoms with Crippen molar-refractivity contribution < 1.29 is 18.3 Å². The molecule has 4 rings (SSSR count). The van der Waals surface area contributed by atoms with E-state index in [-0.39, 0.29) is 17.4 Å². The molecular weight excluding hydrogens is 472 g/mol. The molecule has 4 aromatic rings. The van der Waals surface area contributed by atoms with E-state index in [4.69, 9.17) is 0 Å². The lowest BCUT2D eigenvalue weighted by Crippen LogP contribution is -2.27. The van der Waals surface area contributed by atoms with E-state index in [1.54, 1.807) is 24.5 Å². The monoisotopic (exact) mass is 495 g/mol. The number of benzene rings is 2. The summed E-state index contributed by atoms with van der Waals surface area (Å²) in [5.41, 5.74) is 3.81. The number of alkyl halides is 2. The van der Waals surface area contributed by atoms with Gasteiger partial charge in [-0.3, -0.25) is 14.3 Å². The highest BCUT2D eigenvalue weighted by Crippen LogP contribution is 2.27. The Balaban J connectivity index is 1.38. The summed E-state index contributed by atoms with van der Waals surface area (Å²) in [4.78, 5) is 16.5. The van der Waals surface area contributed by atoms with Gasteiger partial charge < -0.3 is 10.1 Å². The van der Waals surface area contributed by atoms with Gasteiger partial charge in [-0.2, -0.15) is 8.78 Å². The lowest BCUT2D eigenvalue weighted by atomic mass is 10.1. The van der Waals surface area contributed by atoms with E-state index >= 15 is 0 Å². The Hall–Kier alpha value is -3.79. The first-order valence-corrected chi connectivity index (χ1v) is 11.8. The summed E-state index contributed by atoms with van der Waals surface area (Å²) in [6.45, 7) is -0.415. The maximum Gasteiger partial charge on any atom is 0.387 e. The number of carbonyl (C=O) groups excluding carboxylic acids is 1. The molecule has 0 radical (unpaired) electrons. The minimum Gasteiger partial charge on any atom is -0.435 e.